The molecule has 0 aliphatic rings. The first-order valence-corrected chi connectivity index (χ1v) is 12.5. The minimum atomic E-state index is -1.63. The number of halogens is 2. The Morgan fingerprint density at radius 2 is 1.34 bits per heavy atom. The monoisotopic (exact) mass is 446 g/mol. The second kappa shape index (κ2) is 15.7. The molecule has 0 amide bonds. The van der Waals surface area contributed by atoms with Crippen LogP contribution in [0.2, 0.25) is 0 Å². The van der Waals surface area contributed by atoms with Crippen molar-refractivity contribution in [3.05, 3.63) is 42.2 Å². The van der Waals surface area contributed by atoms with Crippen LogP contribution in [-0.2, 0) is 6.42 Å². The van der Waals surface area contributed by atoms with Gasteiger partial charge < -0.3 is 4.74 Å². The van der Waals surface area contributed by atoms with Crippen LogP contribution in [0.4, 0.5) is 8.78 Å². The molecular formula is C27H40F2N2O. The van der Waals surface area contributed by atoms with Gasteiger partial charge in [0, 0.05) is 5.56 Å². The summed E-state index contributed by atoms with van der Waals surface area (Å²) in [5, 5.41) is 0. The van der Waals surface area contributed by atoms with Gasteiger partial charge in [-0.15, -0.1) is 0 Å². The fourth-order valence-corrected chi connectivity index (χ4v) is 3.68. The van der Waals surface area contributed by atoms with Gasteiger partial charge in [-0.3, -0.25) is 0 Å². The van der Waals surface area contributed by atoms with E-state index in [0.717, 1.165) is 18.4 Å². The Morgan fingerprint density at radius 1 is 0.750 bits per heavy atom. The average Bonchev–Trinajstić information content (AvgIpc) is 2.83. The number of aromatic nitrogens is 2. The number of ether oxygens (including phenoxy) is 1. The van der Waals surface area contributed by atoms with E-state index in [0.29, 0.717) is 18.0 Å². The molecule has 0 aliphatic carbocycles. The summed E-state index contributed by atoms with van der Waals surface area (Å²) < 4.78 is 32.9. The van der Waals surface area contributed by atoms with Crippen molar-refractivity contribution in [3.63, 3.8) is 0 Å². The van der Waals surface area contributed by atoms with Crippen LogP contribution in [-0.4, -0.2) is 28.9 Å². The molecule has 0 radical (unpaired) electrons. The average molecular weight is 447 g/mol. The summed E-state index contributed by atoms with van der Waals surface area (Å²) in [5.41, 5.74) is 2.26. The Bertz CT molecular complexity index is 721. The van der Waals surface area contributed by atoms with Crippen LogP contribution >= 0.6 is 0 Å². The fraction of sp³-hybridized carbons (Fsp3) is 0.630. The molecule has 1 heterocycles. The highest BCUT2D eigenvalue weighted by Crippen LogP contribution is 2.20. The number of alkyl halides is 2. The number of nitrogens with zero attached hydrogens (tertiary/aromatic N) is 2. The van der Waals surface area contributed by atoms with Crippen molar-refractivity contribution in [2.24, 2.45) is 0 Å². The summed E-state index contributed by atoms with van der Waals surface area (Å²) in [5.74, 6) is 0.949. The maximum absolute atomic E-state index is 13.8. The molecule has 0 aliphatic heterocycles. The molecule has 178 valence electrons. The third kappa shape index (κ3) is 10.1. The number of unbranched alkanes of at least 4 members (excludes halogenated alkanes) is 8. The molecule has 3 nitrogen and oxygen atoms in total. The summed E-state index contributed by atoms with van der Waals surface area (Å²) in [6.07, 6.45) is 13.4. The Balaban J connectivity index is 1.71. The highest BCUT2D eigenvalue weighted by Gasteiger charge is 2.20. The summed E-state index contributed by atoms with van der Waals surface area (Å²) in [6.45, 7) is 3.89. The molecule has 5 heteroatoms. The van der Waals surface area contributed by atoms with Gasteiger partial charge in [0.2, 0.25) is 0 Å². The van der Waals surface area contributed by atoms with E-state index in [2.05, 4.69) is 29.0 Å². The van der Waals surface area contributed by atoms with Crippen LogP contribution in [0.15, 0.2) is 36.7 Å². The van der Waals surface area contributed by atoms with Gasteiger partial charge in [0.05, 0.1) is 12.4 Å². The maximum atomic E-state index is 13.8. The van der Waals surface area contributed by atoms with E-state index in [1.807, 2.05) is 19.1 Å². The van der Waals surface area contributed by atoms with E-state index in [1.165, 1.54) is 69.3 Å². The van der Waals surface area contributed by atoms with E-state index in [-0.39, 0.29) is 13.0 Å². The SMILES string of the molecule is CCCCCCCCCCc1ccc(-c2ncc(OCC(F)C(F)CCCC)cn2)cc1. The summed E-state index contributed by atoms with van der Waals surface area (Å²) in [6, 6.07) is 8.34. The predicted molar refractivity (Wildman–Crippen MR) is 129 cm³/mol. The second-order valence-corrected chi connectivity index (χ2v) is 8.65. The molecule has 0 spiro atoms. The first-order chi connectivity index (χ1) is 15.6. The van der Waals surface area contributed by atoms with Crippen LogP contribution in [0.3, 0.4) is 0 Å². The Morgan fingerprint density at radius 3 is 1.97 bits per heavy atom. The lowest BCUT2D eigenvalue weighted by molar-refractivity contribution is 0.102. The Kier molecular flexibility index (Phi) is 12.9. The number of benzene rings is 1. The van der Waals surface area contributed by atoms with Crippen LogP contribution in [0.5, 0.6) is 5.75 Å². The van der Waals surface area contributed by atoms with Gasteiger partial charge in [0.1, 0.15) is 12.8 Å². The standard InChI is InChI=1S/C27H40F2N2O/c1-3-5-7-8-9-10-11-12-13-22-15-17-23(18-16-22)27-30-19-24(20-31-27)32-21-26(29)25(28)14-6-4-2/h15-20,25-26H,3-14,21H2,1-2H3. The van der Waals surface area contributed by atoms with E-state index < -0.39 is 12.3 Å². The normalized spacial score (nSPS) is 13.1. The zero-order chi connectivity index (χ0) is 23.0. The summed E-state index contributed by atoms with van der Waals surface area (Å²) >= 11 is 0. The highest BCUT2D eigenvalue weighted by molar-refractivity contribution is 5.55. The minimum absolute atomic E-state index is 0.228. The summed E-state index contributed by atoms with van der Waals surface area (Å²) in [7, 11) is 0. The summed E-state index contributed by atoms with van der Waals surface area (Å²) in [4.78, 5) is 8.63. The zero-order valence-corrected chi connectivity index (χ0v) is 19.9. The number of hydrogen-bond donors (Lipinski definition) is 0. The molecule has 2 aromatic rings. The van der Waals surface area contributed by atoms with E-state index >= 15 is 0 Å². The van der Waals surface area contributed by atoms with Crippen molar-refractivity contribution < 1.29 is 13.5 Å². The van der Waals surface area contributed by atoms with Crippen LogP contribution in [0, 0.1) is 0 Å². The molecule has 0 saturated heterocycles. The smallest absolute Gasteiger partial charge is 0.165 e. The van der Waals surface area contributed by atoms with Gasteiger partial charge in [-0.2, -0.15) is 0 Å². The lowest BCUT2D eigenvalue weighted by Crippen LogP contribution is -2.24. The Hall–Kier alpha value is -2.04. The molecule has 2 atom stereocenters. The molecule has 1 aromatic carbocycles. The number of rotatable bonds is 17. The first-order valence-electron chi connectivity index (χ1n) is 12.5. The lowest BCUT2D eigenvalue weighted by Gasteiger charge is -2.14. The van der Waals surface area contributed by atoms with Gasteiger partial charge in [0.15, 0.2) is 17.7 Å². The molecule has 0 saturated carbocycles. The predicted octanol–water partition coefficient (Wildman–Crippen LogP) is 8.07. The second-order valence-electron chi connectivity index (χ2n) is 8.65. The number of hydrogen-bond acceptors (Lipinski definition) is 3. The van der Waals surface area contributed by atoms with Crippen molar-refractivity contribution >= 4 is 0 Å². The fourth-order valence-electron chi connectivity index (χ4n) is 3.68. The first kappa shape index (κ1) is 26.2. The van der Waals surface area contributed by atoms with Gasteiger partial charge in [-0.05, 0) is 24.8 Å². The molecular weight excluding hydrogens is 406 g/mol. The zero-order valence-electron chi connectivity index (χ0n) is 19.9. The molecule has 0 N–H and O–H groups in total. The third-order valence-electron chi connectivity index (χ3n) is 5.79. The molecule has 32 heavy (non-hydrogen) atoms. The van der Waals surface area contributed by atoms with Crippen molar-refractivity contribution in [2.45, 2.75) is 103 Å². The van der Waals surface area contributed by atoms with Crippen LogP contribution in [0.25, 0.3) is 11.4 Å². The highest BCUT2D eigenvalue weighted by atomic mass is 19.2. The van der Waals surface area contributed by atoms with Gasteiger partial charge in [-0.1, -0.05) is 95.9 Å². The molecule has 0 bridgehead atoms. The van der Waals surface area contributed by atoms with Gasteiger partial charge in [-0.25, -0.2) is 18.7 Å². The molecule has 1 aromatic heterocycles. The largest absolute Gasteiger partial charge is 0.487 e. The third-order valence-corrected chi connectivity index (χ3v) is 5.79. The molecule has 0 fully saturated rings. The van der Waals surface area contributed by atoms with E-state index in [9.17, 15) is 8.78 Å². The Labute approximate surface area is 193 Å². The van der Waals surface area contributed by atoms with Gasteiger partial charge in [0.25, 0.3) is 0 Å². The molecule has 2 rings (SSSR count). The quantitative estimate of drug-likeness (QED) is 0.230. The topological polar surface area (TPSA) is 35.0 Å². The van der Waals surface area contributed by atoms with Crippen molar-refractivity contribution in [1.82, 2.24) is 9.97 Å². The van der Waals surface area contributed by atoms with Crippen molar-refractivity contribution in [1.29, 1.82) is 0 Å². The van der Waals surface area contributed by atoms with Gasteiger partial charge >= 0.3 is 0 Å². The van der Waals surface area contributed by atoms with Crippen molar-refractivity contribution in [3.8, 4) is 17.1 Å². The minimum Gasteiger partial charge on any atom is -0.487 e. The number of aryl methyl sites for hydroxylation is 1. The van der Waals surface area contributed by atoms with E-state index in [1.54, 1.807) is 0 Å². The van der Waals surface area contributed by atoms with Crippen molar-refractivity contribution in [2.75, 3.05) is 6.61 Å². The molecule has 2 unspecified atom stereocenters. The van der Waals surface area contributed by atoms with Crippen LogP contribution < -0.4 is 4.74 Å². The van der Waals surface area contributed by atoms with Crippen LogP contribution in [0.1, 0.15) is 90.0 Å². The maximum Gasteiger partial charge on any atom is 0.165 e. The van der Waals surface area contributed by atoms with E-state index in [4.69, 9.17) is 4.74 Å². The lowest BCUT2D eigenvalue weighted by atomic mass is 10.0.